The van der Waals surface area contributed by atoms with Gasteiger partial charge < -0.3 is 14.6 Å². The number of Topliss-reactive ketones (excluding diaryl/α,β-unsaturated/α-hetero) is 1. The Labute approximate surface area is 159 Å². The molecule has 27 heavy (non-hydrogen) atoms. The Morgan fingerprint density at radius 2 is 1.63 bits per heavy atom. The number of para-hydroxylation sites is 1. The normalized spacial score (nSPS) is 17.8. The SMILES string of the molecule is COc1cccc(OC)c1N=C(C)C1=C(O)CC(c2ccccc2)CC1=O. The van der Waals surface area contributed by atoms with Gasteiger partial charge in [0.15, 0.2) is 5.78 Å². The highest BCUT2D eigenvalue weighted by molar-refractivity contribution is 6.23. The van der Waals surface area contributed by atoms with Crippen LogP contribution in [0.3, 0.4) is 0 Å². The van der Waals surface area contributed by atoms with Gasteiger partial charge in [-0.3, -0.25) is 4.79 Å². The number of benzene rings is 2. The van der Waals surface area contributed by atoms with E-state index in [1.54, 1.807) is 39.3 Å². The second-order valence-corrected chi connectivity index (χ2v) is 6.47. The first kappa shape index (κ1) is 18.7. The van der Waals surface area contributed by atoms with Crippen molar-refractivity contribution in [2.45, 2.75) is 25.7 Å². The lowest BCUT2D eigenvalue weighted by Crippen LogP contribution is -2.22. The van der Waals surface area contributed by atoms with Crippen molar-refractivity contribution in [3.8, 4) is 11.5 Å². The molecular weight excluding hydrogens is 342 g/mol. The van der Waals surface area contributed by atoms with Gasteiger partial charge in [-0.15, -0.1) is 0 Å². The van der Waals surface area contributed by atoms with Gasteiger partial charge in [0.05, 0.1) is 25.5 Å². The maximum absolute atomic E-state index is 12.8. The summed E-state index contributed by atoms with van der Waals surface area (Å²) in [6.45, 7) is 1.72. The molecule has 0 saturated carbocycles. The zero-order valence-corrected chi connectivity index (χ0v) is 15.7. The number of carbonyl (C=O) groups excluding carboxylic acids is 1. The second-order valence-electron chi connectivity index (χ2n) is 6.47. The van der Waals surface area contributed by atoms with Crippen LogP contribution in [0.4, 0.5) is 5.69 Å². The van der Waals surface area contributed by atoms with Gasteiger partial charge in [-0.25, -0.2) is 4.99 Å². The van der Waals surface area contributed by atoms with Crippen LogP contribution in [0, 0.1) is 0 Å². The molecule has 1 unspecified atom stereocenters. The summed E-state index contributed by atoms with van der Waals surface area (Å²) >= 11 is 0. The molecule has 0 radical (unpaired) electrons. The summed E-state index contributed by atoms with van der Waals surface area (Å²) in [4.78, 5) is 17.3. The third kappa shape index (κ3) is 3.87. The van der Waals surface area contributed by atoms with Gasteiger partial charge in [0.2, 0.25) is 0 Å². The summed E-state index contributed by atoms with van der Waals surface area (Å²) in [5.74, 6) is 1.03. The molecular formula is C22H23NO4. The Morgan fingerprint density at radius 1 is 1.00 bits per heavy atom. The largest absolute Gasteiger partial charge is 0.511 e. The molecule has 0 saturated heterocycles. The topological polar surface area (TPSA) is 68.1 Å². The van der Waals surface area contributed by atoms with Gasteiger partial charge >= 0.3 is 0 Å². The highest BCUT2D eigenvalue weighted by Gasteiger charge is 2.30. The quantitative estimate of drug-likeness (QED) is 0.776. The molecule has 0 aliphatic heterocycles. The van der Waals surface area contributed by atoms with Crippen molar-refractivity contribution in [1.82, 2.24) is 0 Å². The number of ether oxygens (including phenoxy) is 2. The maximum Gasteiger partial charge on any atom is 0.168 e. The average molecular weight is 365 g/mol. The van der Waals surface area contributed by atoms with Crippen molar-refractivity contribution in [1.29, 1.82) is 0 Å². The number of rotatable bonds is 5. The highest BCUT2D eigenvalue weighted by atomic mass is 16.5. The predicted molar refractivity (Wildman–Crippen MR) is 105 cm³/mol. The average Bonchev–Trinajstić information content (AvgIpc) is 2.68. The Morgan fingerprint density at radius 3 is 2.19 bits per heavy atom. The Hall–Kier alpha value is -3.08. The summed E-state index contributed by atoms with van der Waals surface area (Å²) in [6, 6.07) is 15.1. The van der Waals surface area contributed by atoms with Crippen molar-refractivity contribution in [2.24, 2.45) is 4.99 Å². The standard InChI is InChI=1S/C22H23NO4/c1-14(23-22-19(26-2)10-7-11-20(22)27-3)21-17(24)12-16(13-18(21)25)15-8-5-4-6-9-15/h4-11,16,24H,12-13H2,1-3H3. The lowest BCUT2D eigenvalue weighted by atomic mass is 9.81. The molecule has 5 nitrogen and oxygen atoms in total. The first-order chi connectivity index (χ1) is 13.0. The molecule has 2 aromatic carbocycles. The van der Waals surface area contributed by atoms with Crippen LogP contribution in [0.1, 0.15) is 31.2 Å². The number of aliphatic hydroxyl groups excluding tert-OH is 1. The van der Waals surface area contributed by atoms with Crippen molar-refractivity contribution in [3.63, 3.8) is 0 Å². The van der Waals surface area contributed by atoms with Crippen LogP contribution in [0.5, 0.6) is 11.5 Å². The predicted octanol–water partition coefficient (Wildman–Crippen LogP) is 4.76. The fraction of sp³-hybridized carbons (Fsp3) is 0.273. The minimum atomic E-state index is -0.109. The Balaban J connectivity index is 1.96. The fourth-order valence-electron chi connectivity index (χ4n) is 3.43. The molecule has 5 heteroatoms. The van der Waals surface area contributed by atoms with Gasteiger partial charge in [0.25, 0.3) is 0 Å². The van der Waals surface area contributed by atoms with Crippen molar-refractivity contribution < 1.29 is 19.4 Å². The fourth-order valence-corrected chi connectivity index (χ4v) is 3.43. The lowest BCUT2D eigenvalue weighted by Gasteiger charge is -2.24. The van der Waals surface area contributed by atoms with Crippen molar-refractivity contribution in [2.75, 3.05) is 14.2 Å². The van der Waals surface area contributed by atoms with E-state index in [-0.39, 0.29) is 23.0 Å². The number of hydrogen-bond acceptors (Lipinski definition) is 5. The second kappa shape index (κ2) is 8.08. The molecule has 0 amide bonds. The Kier molecular flexibility index (Phi) is 5.60. The number of methoxy groups -OCH3 is 2. The number of nitrogens with zero attached hydrogens (tertiary/aromatic N) is 1. The molecule has 2 aromatic rings. The summed E-state index contributed by atoms with van der Waals surface area (Å²) < 4.78 is 10.7. The highest BCUT2D eigenvalue weighted by Crippen LogP contribution is 2.39. The lowest BCUT2D eigenvalue weighted by molar-refractivity contribution is -0.116. The third-order valence-corrected chi connectivity index (χ3v) is 4.75. The van der Waals surface area contributed by atoms with E-state index in [1.807, 2.05) is 30.3 Å². The van der Waals surface area contributed by atoms with Gasteiger partial charge in [-0.2, -0.15) is 0 Å². The van der Waals surface area contributed by atoms with Crippen molar-refractivity contribution in [3.05, 3.63) is 65.4 Å². The molecule has 140 valence electrons. The molecule has 0 bridgehead atoms. The van der Waals surface area contributed by atoms with E-state index in [9.17, 15) is 9.90 Å². The van der Waals surface area contributed by atoms with E-state index < -0.39 is 0 Å². The summed E-state index contributed by atoms with van der Waals surface area (Å²) in [5, 5.41) is 10.6. The first-order valence-corrected chi connectivity index (χ1v) is 8.82. The van der Waals surface area contributed by atoms with Crippen molar-refractivity contribution >= 4 is 17.2 Å². The zero-order chi connectivity index (χ0) is 19.4. The van der Waals surface area contributed by atoms with Crippen LogP contribution in [0.15, 0.2) is 64.9 Å². The molecule has 1 aliphatic carbocycles. The molecule has 3 rings (SSSR count). The number of carbonyl (C=O) groups is 1. The van der Waals surface area contributed by atoms with Gasteiger partial charge in [-0.05, 0) is 30.5 Å². The third-order valence-electron chi connectivity index (χ3n) is 4.75. The van der Waals surface area contributed by atoms with Crippen LogP contribution in [-0.2, 0) is 4.79 Å². The number of aliphatic hydroxyl groups is 1. The zero-order valence-electron chi connectivity index (χ0n) is 15.7. The molecule has 1 aliphatic rings. The first-order valence-electron chi connectivity index (χ1n) is 8.82. The van der Waals surface area contributed by atoms with E-state index in [0.29, 0.717) is 35.7 Å². The van der Waals surface area contributed by atoms with Crippen LogP contribution in [-0.4, -0.2) is 30.8 Å². The molecule has 0 spiro atoms. The minimum Gasteiger partial charge on any atom is -0.511 e. The molecule has 1 N–H and O–H groups in total. The van der Waals surface area contributed by atoms with Crippen LogP contribution in [0.2, 0.25) is 0 Å². The Bertz CT molecular complexity index is 878. The minimum absolute atomic E-state index is 0.0175. The van der Waals surface area contributed by atoms with E-state index >= 15 is 0 Å². The maximum atomic E-state index is 12.8. The number of allylic oxidation sites excluding steroid dienone is 2. The van der Waals surface area contributed by atoms with Gasteiger partial charge in [0.1, 0.15) is 22.9 Å². The van der Waals surface area contributed by atoms with E-state index in [0.717, 1.165) is 5.56 Å². The van der Waals surface area contributed by atoms with E-state index in [4.69, 9.17) is 9.47 Å². The molecule has 1 atom stereocenters. The summed E-state index contributed by atoms with van der Waals surface area (Å²) in [7, 11) is 3.10. The number of hydrogen-bond donors (Lipinski definition) is 1. The number of ketones is 1. The van der Waals surface area contributed by atoms with Gasteiger partial charge in [0, 0.05) is 12.8 Å². The van der Waals surface area contributed by atoms with Crippen LogP contribution in [0.25, 0.3) is 0 Å². The molecule has 0 aromatic heterocycles. The van der Waals surface area contributed by atoms with E-state index in [1.165, 1.54) is 0 Å². The van der Waals surface area contributed by atoms with Crippen LogP contribution < -0.4 is 9.47 Å². The summed E-state index contributed by atoms with van der Waals surface area (Å²) in [6.07, 6.45) is 0.764. The summed E-state index contributed by atoms with van der Waals surface area (Å²) in [5.41, 5.74) is 2.29. The van der Waals surface area contributed by atoms with E-state index in [2.05, 4.69) is 4.99 Å². The van der Waals surface area contributed by atoms with Crippen LogP contribution >= 0.6 is 0 Å². The molecule has 0 fully saturated rings. The van der Waals surface area contributed by atoms with Gasteiger partial charge in [-0.1, -0.05) is 36.4 Å². The monoisotopic (exact) mass is 365 g/mol. The number of aliphatic imine (C=N–C) groups is 1. The molecule has 0 heterocycles. The smallest absolute Gasteiger partial charge is 0.168 e.